The first-order valence-corrected chi connectivity index (χ1v) is 9.88. The Bertz CT molecular complexity index is 615. The normalized spacial score (nSPS) is 19.8. The van der Waals surface area contributed by atoms with Gasteiger partial charge in [0.15, 0.2) is 0 Å². The Balaban J connectivity index is 1.53. The standard InChI is InChI=1S/C21H29FN2O2/c1-23(19-6-4-2-3-5-7-19)20(25)17-12-14-24(15-13-17)21(26)16-8-10-18(22)11-9-16/h8-11,17,19H,2-7,12-15H2,1H3. The second-order valence-electron chi connectivity index (χ2n) is 7.67. The molecule has 0 bridgehead atoms. The number of rotatable bonds is 3. The molecule has 2 amide bonds. The van der Waals surface area contributed by atoms with E-state index in [1.54, 1.807) is 4.90 Å². The lowest BCUT2D eigenvalue weighted by Gasteiger charge is -2.35. The van der Waals surface area contributed by atoms with Crippen molar-refractivity contribution in [1.29, 1.82) is 0 Å². The number of carbonyl (C=O) groups is 2. The van der Waals surface area contributed by atoms with Gasteiger partial charge < -0.3 is 9.80 Å². The van der Waals surface area contributed by atoms with Crippen molar-refractivity contribution < 1.29 is 14.0 Å². The molecule has 2 fully saturated rings. The smallest absolute Gasteiger partial charge is 0.253 e. The minimum absolute atomic E-state index is 0.0144. The molecule has 0 atom stereocenters. The van der Waals surface area contributed by atoms with Crippen LogP contribution in [0.5, 0.6) is 0 Å². The topological polar surface area (TPSA) is 40.6 Å². The van der Waals surface area contributed by atoms with E-state index in [1.807, 2.05) is 11.9 Å². The summed E-state index contributed by atoms with van der Waals surface area (Å²) in [6.07, 6.45) is 8.64. The third-order valence-corrected chi connectivity index (χ3v) is 5.94. The number of amides is 2. The second-order valence-corrected chi connectivity index (χ2v) is 7.67. The van der Waals surface area contributed by atoms with Crippen molar-refractivity contribution in [2.24, 2.45) is 5.92 Å². The van der Waals surface area contributed by atoms with Crippen LogP contribution in [-0.4, -0.2) is 47.8 Å². The maximum absolute atomic E-state index is 13.0. The molecule has 0 unspecified atom stereocenters. The van der Waals surface area contributed by atoms with Gasteiger partial charge in [-0.25, -0.2) is 4.39 Å². The summed E-state index contributed by atoms with van der Waals surface area (Å²) < 4.78 is 13.0. The molecule has 1 saturated heterocycles. The van der Waals surface area contributed by atoms with Crippen molar-refractivity contribution in [2.45, 2.75) is 57.4 Å². The maximum atomic E-state index is 13.0. The molecule has 3 rings (SSSR count). The van der Waals surface area contributed by atoms with E-state index in [9.17, 15) is 14.0 Å². The van der Waals surface area contributed by atoms with Gasteiger partial charge in [0, 0.05) is 37.7 Å². The Labute approximate surface area is 155 Å². The van der Waals surface area contributed by atoms with E-state index >= 15 is 0 Å². The van der Waals surface area contributed by atoms with Crippen molar-refractivity contribution in [2.75, 3.05) is 20.1 Å². The summed E-state index contributed by atoms with van der Waals surface area (Å²) in [7, 11) is 1.95. The molecular formula is C21H29FN2O2. The monoisotopic (exact) mass is 360 g/mol. The quantitative estimate of drug-likeness (QED) is 0.768. The molecule has 1 heterocycles. The van der Waals surface area contributed by atoms with E-state index in [0.29, 0.717) is 37.5 Å². The van der Waals surface area contributed by atoms with Crippen LogP contribution in [-0.2, 0) is 4.79 Å². The van der Waals surface area contributed by atoms with Crippen LogP contribution in [0.25, 0.3) is 0 Å². The predicted octanol–water partition coefficient (Wildman–Crippen LogP) is 3.86. The number of halogens is 1. The van der Waals surface area contributed by atoms with Crippen LogP contribution in [0.2, 0.25) is 0 Å². The summed E-state index contributed by atoms with van der Waals surface area (Å²) in [6.45, 7) is 1.18. The Kier molecular flexibility index (Phi) is 6.28. The number of likely N-dealkylation sites (tertiary alicyclic amines) is 1. The summed E-state index contributed by atoms with van der Waals surface area (Å²) >= 11 is 0. The molecule has 1 aromatic rings. The van der Waals surface area contributed by atoms with E-state index in [-0.39, 0.29) is 23.5 Å². The number of nitrogens with zero attached hydrogens (tertiary/aromatic N) is 2. The molecule has 1 aliphatic carbocycles. The molecule has 5 heteroatoms. The number of piperidine rings is 1. The van der Waals surface area contributed by atoms with Gasteiger partial charge in [0.25, 0.3) is 5.91 Å². The highest BCUT2D eigenvalue weighted by Gasteiger charge is 2.31. The first kappa shape index (κ1) is 18.9. The molecule has 0 radical (unpaired) electrons. The first-order chi connectivity index (χ1) is 12.6. The van der Waals surface area contributed by atoms with Crippen molar-refractivity contribution >= 4 is 11.8 Å². The highest BCUT2D eigenvalue weighted by atomic mass is 19.1. The van der Waals surface area contributed by atoms with Crippen molar-refractivity contribution in [1.82, 2.24) is 9.80 Å². The molecule has 1 aromatic carbocycles. The molecule has 26 heavy (non-hydrogen) atoms. The zero-order valence-electron chi connectivity index (χ0n) is 15.6. The summed E-state index contributed by atoms with van der Waals surface area (Å²) in [6, 6.07) is 6.05. The highest BCUT2D eigenvalue weighted by Crippen LogP contribution is 2.26. The number of hydrogen-bond donors (Lipinski definition) is 0. The van der Waals surface area contributed by atoms with Gasteiger partial charge >= 0.3 is 0 Å². The molecule has 1 saturated carbocycles. The predicted molar refractivity (Wildman–Crippen MR) is 99.3 cm³/mol. The van der Waals surface area contributed by atoms with Gasteiger partial charge in [-0.3, -0.25) is 9.59 Å². The summed E-state index contributed by atoms with van der Waals surface area (Å²) in [5.41, 5.74) is 0.506. The van der Waals surface area contributed by atoms with Gasteiger partial charge in [0.05, 0.1) is 0 Å². The Morgan fingerprint density at radius 3 is 2.12 bits per heavy atom. The van der Waals surface area contributed by atoms with E-state index in [4.69, 9.17) is 0 Å². The first-order valence-electron chi connectivity index (χ1n) is 9.88. The van der Waals surface area contributed by atoms with Crippen molar-refractivity contribution in [3.8, 4) is 0 Å². The van der Waals surface area contributed by atoms with Crippen LogP contribution < -0.4 is 0 Å². The SMILES string of the molecule is CN(C(=O)C1CCN(C(=O)c2ccc(F)cc2)CC1)C1CCCCCC1. The fourth-order valence-electron chi connectivity index (χ4n) is 4.22. The zero-order chi connectivity index (χ0) is 18.5. The molecule has 4 nitrogen and oxygen atoms in total. The maximum Gasteiger partial charge on any atom is 0.253 e. The van der Waals surface area contributed by atoms with Crippen LogP contribution in [0.15, 0.2) is 24.3 Å². The molecular weight excluding hydrogens is 331 g/mol. The zero-order valence-corrected chi connectivity index (χ0v) is 15.6. The van der Waals surface area contributed by atoms with Crippen LogP contribution in [0.3, 0.4) is 0 Å². The lowest BCUT2D eigenvalue weighted by atomic mass is 9.93. The van der Waals surface area contributed by atoms with E-state index < -0.39 is 0 Å². The van der Waals surface area contributed by atoms with Crippen LogP contribution >= 0.6 is 0 Å². The average molecular weight is 360 g/mol. The van der Waals surface area contributed by atoms with Gasteiger partial charge in [-0.1, -0.05) is 25.7 Å². The van der Waals surface area contributed by atoms with Crippen LogP contribution in [0, 0.1) is 11.7 Å². The molecule has 0 spiro atoms. The Morgan fingerprint density at radius 1 is 0.962 bits per heavy atom. The van der Waals surface area contributed by atoms with Crippen LogP contribution in [0.4, 0.5) is 4.39 Å². The highest BCUT2D eigenvalue weighted by molar-refractivity contribution is 5.94. The van der Waals surface area contributed by atoms with Crippen molar-refractivity contribution in [3.05, 3.63) is 35.6 Å². The lowest BCUT2D eigenvalue weighted by molar-refractivity contribution is -0.138. The van der Waals surface area contributed by atoms with Crippen molar-refractivity contribution in [3.63, 3.8) is 0 Å². The van der Waals surface area contributed by atoms with E-state index in [1.165, 1.54) is 49.9 Å². The van der Waals surface area contributed by atoms with Gasteiger partial charge in [-0.2, -0.15) is 0 Å². The van der Waals surface area contributed by atoms with Gasteiger partial charge in [0.2, 0.25) is 5.91 Å². The van der Waals surface area contributed by atoms with Gasteiger partial charge in [0.1, 0.15) is 5.82 Å². The summed E-state index contributed by atoms with van der Waals surface area (Å²) in [4.78, 5) is 29.1. The fraction of sp³-hybridized carbons (Fsp3) is 0.619. The number of hydrogen-bond acceptors (Lipinski definition) is 2. The number of carbonyl (C=O) groups excluding carboxylic acids is 2. The Morgan fingerprint density at radius 2 is 1.54 bits per heavy atom. The lowest BCUT2D eigenvalue weighted by Crippen LogP contribution is -2.46. The second kappa shape index (κ2) is 8.65. The fourth-order valence-corrected chi connectivity index (χ4v) is 4.22. The van der Waals surface area contributed by atoms with E-state index in [0.717, 1.165) is 12.8 Å². The molecule has 2 aliphatic rings. The van der Waals surface area contributed by atoms with Crippen LogP contribution in [0.1, 0.15) is 61.7 Å². The third-order valence-electron chi connectivity index (χ3n) is 5.94. The average Bonchev–Trinajstić information content (AvgIpc) is 2.96. The summed E-state index contributed by atoms with van der Waals surface area (Å²) in [5, 5.41) is 0. The molecule has 0 N–H and O–H groups in total. The number of benzene rings is 1. The molecule has 142 valence electrons. The third kappa shape index (κ3) is 4.43. The largest absolute Gasteiger partial charge is 0.343 e. The van der Waals surface area contributed by atoms with Gasteiger partial charge in [-0.05, 0) is 49.9 Å². The van der Waals surface area contributed by atoms with E-state index in [2.05, 4.69) is 0 Å². The minimum Gasteiger partial charge on any atom is -0.343 e. The molecule has 1 aliphatic heterocycles. The molecule has 0 aromatic heterocycles. The van der Waals surface area contributed by atoms with Gasteiger partial charge in [-0.15, -0.1) is 0 Å². The minimum atomic E-state index is -0.340. The summed E-state index contributed by atoms with van der Waals surface area (Å²) in [5.74, 6) is -0.160. The Hall–Kier alpha value is -1.91.